The smallest absolute Gasteiger partial charge is 0.416 e. The predicted octanol–water partition coefficient (Wildman–Crippen LogP) is 4.08. The predicted molar refractivity (Wildman–Crippen MR) is 90.7 cm³/mol. The van der Waals surface area contributed by atoms with Crippen molar-refractivity contribution >= 4 is 11.2 Å². The molecule has 1 saturated heterocycles. The van der Waals surface area contributed by atoms with E-state index >= 15 is 0 Å². The number of phenols is 1. The van der Waals surface area contributed by atoms with Crippen molar-refractivity contribution in [1.82, 2.24) is 20.3 Å². The van der Waals surface area contributed by atoms with E-state index in [0.29, 0.717) is 16.9 Å². The lowest BCUT2D eigenvalue weighted by Gasteiger charge is -2.13. The van der Waals surface area contributed by atoms with Crippen molar-refractivity contribution in [3.63, 3.8) is 0 Å². The highest BCUT2D eigenvalue weighted by Gasteiger charge is 2.32. The van der Waals surface area contributed by atoms with E-state index in [1.54, 1.807) is 12.1 Å². The van der Waals surface area contributed by atoms with Gasteiger partial charge in [0.1, 0.15) is 11.6 Å². The Morgan fingerprint density at radius 3 is 2.65 bits per heavy atom. The maximum absolute atomic E-state index is 12.9. The molecular weight excluding hydrogens is 345 g/mol. The Labute approximate surface area is 147 Å². The number of rotatable bonds is 2. The largest absolute Gasteiger partial charge is 0.507 e. The number of H-pyrrole nitrogens is 1. The lowest BCUT2D eigenvalue weighted by molar-refractivity contribution is -0.137. The van der Waals surface area contributed by atoms with E-state index in [0.717, 1.165) is 42.9 Å². The van der Waals surface area contributed by atoms with Gasteiger partial charge in [-0.1, -0.05) is 0 Å². The molecule has 1 aliphatic rings. The first-order valence-electron chi connectivity index (χ1n) is 8.34. The summed E-state index contributed by atoms with van der Waals surface area (Å²) in [5.41, 5.74) is 1.32. The van der Waals surface area contributed by atoms with E-state index in [1.165, 1.54) is 6.92 Å². The standard InChI is InChI=1S/C18H17F3N4O/c1-9-7-10(18(19,20)21)8-14(26)15(9)11-4-5-13-17(23-11)25-16(24-13)12-3-2-6-22-12/h4-5,7-8,12,22,26H,2-3,6H2,1H3,(H,23,24,25)/t12-/m1/s1. The Kier molecular flexibility index (Phi) is 3.87. The van der Waals surface area contributed by atoms with Crippen molar-refractivity contribution in [1.29, 1.82) is 0 Å². The Hall–Kier alpha value is -2.61. The fraction of sp³-hybridized carbons (Fsp3) is 0.333. The Bertz CT molecular complexity index is 951. The first-order chi connectivity index (χ1) is 12.3. The van der Waals surface area contributed by atoms with E-state index in [-0.39, 0.29) is 11.6 Å². The van der Waals surface area contributed by atoms with E-state index in [1.807, 2.05) is 0 Å². The van der Waals surface area contributed by atoms with Gasteiger partial charge in [-0.25, -0.2) is 9.97 Å². The second kappa shape index (κ2) is 5.98. The number of aromatic nitrogens is 3. The van der Waals surface area contributed by atoms with Crippen LogP contribution in [0.25, 0.3) is 22.4 Å². The quantitative estimate of drug-likeness (QED) is 0.642. The maximum Gasteiger partial charge on any atom is 0.416 e. The van der Waals surface area contributed by atoms with Gasteiger partial charge in [-0.2, -0.15) is 13.2 Å². The number of hydrogen-bond donors (Lipinski definition) is 3. The lowest BCUT2D eigenvalue weighted by Crippen LogP contribution is -2.14. The number of benzene rings is 1. The van der Waals surface area contributed by atoms with Gasteiger partial charge in [0.05, 0.1) is 22.8 Å². The Morgan fingerprint density at radius 2 is 2.00 bits per heavy atom. The number of phenolic OH excluding ortho intramolecular Hbond substituents is 1. The SMILES string of the molecule is Cc1cc(C(F)(F)F)cc(O)c1-c1ccc2[nH]c([C@H]3CCCN3)nc2n1. The van der Waals surface area contributed by atoms with E-state index < -0.39 is 17.5 Å². The molecule has 136 valence electrons. The summed E-state index contributed by atoms with van der Waals surface area (Å²) < 4.78 is 38.7. The molecule has 1 aromatic carbocycles. The van der Waals surface area contributed by atoms with E-state index in [4.69, 9.17) is 0 Å². The van der Waals surface area contributed by atoms with Gasteiger partial charge in [-0.05, 0) is 56.1 Å². The number of imidazole rings is 1. The molecule has 0 saturated carbocycles. The van der Waals surface area contributed by atoms with Gasteiger partial charge in [-0.3, -0.25) is 0 Å². The molecule has 3 N–H and O–H groups in total. The minimum Gasteiger partial charge on any atom is -0.507 e. The number of alkyl halides is 3. The summed E-state index contributed by atoms with van der Waals surface area (Å²) in [4.78, 5) is 12.2. The third-order valence-electron chi connectivity index (χ3n) is 4.65. The van der Waals surface area contributed by atoms with Crippen molar-refractivity contribution in [2.24, 2.45) is 0 Å². The van der Waals surface area contributed by atoms with Crippen LogP contribution >= 0.6 is 0 Å². The van der Waals surface area contributed by atoms with Gasteiger partial charge in [0.15, 0.2) is 5.65 Å². The van der Waals surface area contributed by atoms with Gasteiger partial charge in [0, 0.05) is 5.56 Å². The number of hydrogen-bond acceptors (Lipinski definition) is 4. The Balaban J connectivity index is 1.77. The summed E-state index contributed by atoms with van der Waals surface area (Å²) >= 11 is 0. The number of halogens is 3. The average molecular weight is 362 g/mol. The molecule has 0 spiro atoms. The van der Waals surface area contributed by atoms with Crippen LogP contribution in [0.3, 0.4) is 0 Å². The topological polar surface area (TPSA) is 73.8 Å². The zero-order valence-corrected chi connectivity index (χ0v) is 14.0. The van der Waals surface area contributed by atoms with E-state index in [9.17, 15) is 18.3 Å². The number of aromatic amines is 1. The van der Waals surface area contributed by atoms with Gasteiger partial charge < -0.3 is 15.4 Å². The highest BCUT2D eigenvalue weighted by Crippen LogP contribution is 2.38. The highest BCUT2D eigenvalue weighted by molar-refractivity contribution is 5.79. The van der Waals surface area contributed by atoms with Gasteiger partial charge in [-0.15, -0.1) is 0 Å². The van der Waals surface area contributed by atoms with Crippen molar-refractivity contribution in [2.45, 2.75) is 32.0 Å². The van der Waals surface area contributed by atoms with Crippen LogP contribution < -0.4 is 5.32 Å². The van der Waals surface area contributed by atoms with Crippen LogP contribution in [0, 0.1) is 6.92 Å². The van der Waals surface area contributed by atoms with Crippen molar-refractivity contribution in [3.05, 3.63) is 41.2 Å². The molecule has 4 rings (SSSR count). The average Bonchev–Trinajstić information content (AvgIpc) is 3.22. The first-order valence-corrected chi connectivity index (χ1v) is 8.34. The highest BCUT2D eigenvalue weighted by atomic mass is 19.4. The summed E-state index contributed by atoms with van der Waals surface area (Å²) in [6.45, 7) is 2.47. The number of aryl methyl sites for hydroxylation is 1. The molecule has 5 nitrogen and oxygen atoms in total. The molecule has 0 unspecified atom stereocenters. The summed E-state index contributed by atoms with van der Waals surface area (Å²) in [5.74, 6) is 0.355. The third kappa shape index (κ3) is 2.90. The molecular formula is C18H17F3N4O. The summed E-state index contributed by atoms with van der Waals surface area (Å²) in [6.07, 6.45) is -2.44. The van der Waals surface area contributed by atoms with Crippen molar-refractivity contribution in [2.75, 3.05) is 6.54 Å². The van der Waals surface area contributed by atoms with Crippen LogP contribution in [0.4, 0.5) is 13.2 Å². The summed E-state index contributed by atoms with van der Waals surface area (Å²) in [7, 11) is 0. The third-order valence-corrected chi connectivity index (χ3v) is 4.65. The Morgan fingerprint density at radius 1 is 1.19 bits per heavy atom. The molecule has 0 aliphatic carbocycles. The maximum atomic E-state index is 12.9. The molecule has 0 radical (unpaired) electrons. The fourth-order valence-corrected chi connectivity index (χ4v) is 3.40. The summed E-state index contributed by atoms with van der Waals surface area (Å²) in [5, 5.41) is 13.5. The molecule has 3 aromatic rings. The fourth-order valence-electron chi connectivity index (χ4n) is 3.40. The van der Waals surface area contributed by atoms with Crippen LogP contribution in [-0.4, -0.2) is 26.6 Å². The zero-order chi connectivity index (χ0) is 18.5. The number of pyridine rings is 1. The van der Waals surface area contributed by atoms with Crippen molar-refractivity contribution < 1.29 is 18.3 Å². The van der Waals surface area contributed by atoms with Crippen molar-refractivity contribution in [3.8, 4) is 17.0 Å². The van der Waals surface area contributed by atoms with Gasteiger partial charge in [0.2, 0.25) is 0 Å². The number of nitrogens with zero attached hydrogens (tertiary/aromatic N) is 2. The zero-order valence-electron chi connectivity index (χ0n) is 14.0. The monoisotopic (exact) mass is 362 g/mol. The minimum atomic E-state index is -4.51. The molecule has 0 amide bonds. The van der Waals surface area contributed by atoms with Crippen LogP contribution in [0.15, 0.2) is 24.3 Å². The minimum absolute atomic E-state index is 0.161. The normalized spacial score (nSPS) is 17.9. The molecule has 1 fully saturated rings. The van der Waals surface area contributed by atoms with Gasteiger partial charge >= 0.3 is 6.18 Å². The molecule has 0 bridgehead atoms. The molecule has 8 heteroatoms. The lowest BCUT2D eigenvalue weighted by atomic mass is 10.0. The summed E-state index contributed by atoms with van der Waals surface area (Å²) in [6, 6.07) is 5.35. The molecule has 2 aromatic heterocycles. The molecule has 3 heterocycles. The van der Waals surface area contributed by atoms with Crippen LogP contribution in [0.5, 0.6) is 5.75 Å². The van der Waals surface area contributed by atoms with Gasteiger partial charge in [0.25, 0.3) is 0 Å². The number of aromatic hydroxyl groups is 1. The van der Waals surface area contributed by atoms with Crippen LogP contribution in [-0.2, 0) is 6.18 Å². The second-order valence-corrected chi connectivity index (χ2v) is 6.52. The first kappa shape index (κ1) is 16.8. The number of nitrogens with one attached hydrogen (secondary N) is 2. The van der Waals surface area contributed by atoms with E-state index in [2.05, 4.69) is 20.3 Å². The van der Waals surface area contributed by atoms with Crippen LogP contribution in [0.2, 0.25) is 0 Å². The van der Waals surface area contributed by atoms with Crippen LogP contribution in [0.1, 0.15) is 35.8 Å². The molecule has 1 aliphatic heterocycles. The second-order valence-electron chi connectivity index (χ2n) is 6.52. The number of fused-ring (bicyclic) bond motifs is 1. The molecule has 26 heavy (non-hydrogen) atoms. The molecule has 1 atom stereocenters.